The van der Waals surface area contributed by atoms with Gasteiger partial charge in [-0.2, -0.15) is 0 Å². The Morgan fingerprint density at radius 3 is 2.53 bits per heavy atom. The number of carbonyl (C=O) groups is 1. The Bertz CT molecular complexity index is 584. The lowest BCUT2D eigenvalue weighted by molar-refractivity contribution is 0.0818. The zero-order chi connectivity index (χ0) is 13.8. The minimum Gasteiger partial charge on any atom is -0.481 e. The van der Waals surface area contributed by atoms with Crippen LogP contribution in [-0.2, 0) is 0 Å². The lowest BCUT2D eigenvalue weighted by Crippen LogP contribution is -2.23. The molecule has 0 fully saturated rings. The lowest BCUT2D eigenvalue weighted by Gasteiger charge is -2.15. The van der Waals surface area contributed by atoms with Crippen molar-refractivity contribution in [3.8, 4) is 5.75 Å². The number of ketones is 1. The highest BCUT2D eigenvalue weighted by molar-refractivity contribution is 9.10. The summed E-state index contributed by atoms with van der Waals surface area (Å²) < 4.78 is 6.48. The van der Waals surface area contributed by atoms with Gasteiger partial charge < -0.3 is 4.74 Å². The van der Waals surface area contributed by atoms with Gasteiger partial charge in [0.05, 0.1) is 5.02 Å². The first kappa shape index (κ1) is 14.1. The van der Waals surface area contributed by atoms with Crippen LogP contribution < -0.4 is 4.74 Å². The van der Waals surface area contributed by atoms with Crippen LogP contribution in [0.3, 0.4) is 0 Å². The van der Waals surface area contributed by atoms with E-state index in [4.69, 9.17) is 16.3 Å². The molecule has 0 bridgehead atoms. The molecule has 0 aliphatic heterocycles. The molecule has 2 nitrogen and oxygen atoms in total. The molecule has 0 heterocycles. The maximum atomic E-state index is 12.1. The maximum Gasteiger partial charge on any atom is 0.202 e. The van der Waals surface area contributed by atoms with Crippen molar-refractivity contribution >= 4 is 33.3 Å². The van der Waals surface area contributed by atoms with Gasteiger partial charge in [-0.15, -0.1) is 0 Å². The van der Waals surface area contributed by atoms with E-state index in [1.54, 1.807) is 31.2 Å². The van der Waals surface area contributed by atoms with Gasteiger partial charge >= 0.3 is 0 Å². The third kappa shape index (κ3) is 3.58. The average molecular weight is 340 g/mol. The monoisotopic (exact) mass is 338 g/mol. The van der Waals surface area contributed by atoms with Gasteiger partial charge in [0, 0.05) is 10.0 Å². The number of hydrogen-bond acceptors (Lipinski definition) is 2. The molecule has 0 aromatic heterocycles. The van der Waals surface area contributed by atoms with Crippen LogP contribution in [0.15, 0.2) is 53.0 Å². The molecule has 2 aromatic carbocycles. The Hall–Kier alpha value is -1.32. The van der Waals surface area contributed by atoms with Crippen LogP contribution in [0.5, 0.6) is 5.75 Å². The van der Waals surface area contributed by atoms with E-state index in [9.17, 15) is 4.79 Å². The molecule has 0 amide bonds. The zero-order valence-electron chi connectivity index (χ0n) is 10.3. The number of ether oxygens (including phenoxy) is 1. The SMILES string of the molecule is CC(Oc1ccc(Br)cc1Cl)C(=O)c1ccccc1. The first-order valence-corrected chi connectivity index (χ1v) is 6.96. The van der Waals surface area contributed by atoms with E-state index < -0.39 is 6.10 Å². The van der Waals surface area contributed by atoms with E-state index in [-0.39, 0.29) is 5.78 Å². The smallest absolute Gasteiger partial charge is 0.202 e. The number of rotatable bonds is 4. The fourth-order valence-electron chi connectivity index (χ4n) is 1.65. The van der Waals surface area contributed by atoms with Crippen LogP contribution in [-0.4, -0.2) is 11.9 Å². The first-order valence-electron chi connectivity index (χ1n) is 5.79. The summed E-state index contributed by atoms with van der Waals surface area (Å²) in [6.45, 7) is 1.72. The molecule has 0 spiro atoms. The molecule has 0 aliphatic carbocycles. The predicted molar refractivity (Wildman–Crippen MR) is 80.0 cm³/mol. The second-order valence-corrected chi connectivity index (χ2v) is 5.39. The highest BCUT2D eigenvalue weighted by Crippen LogP contribution is 2.28. The maximum absolute atomic E-state index is 12.1. The summed E-state index contributed by atoms with van der Waals surface area (Å²) >= 11 is 9.38. The minimum absolute atomic E-state index is 0.0698. The third-order valence-electron chi connectivity index (χ3n) is 2.63. The van der Waals surface area contributed by atoms with Crippen LogP contribution in [0.2, 0.25) is 5.02 Å². The molecule has 2 aromatic rings. The Labute approximate surface area is 125 Å². The average Bonchev–Trinajstić information content (AvgIpc) is 2.42. The summed E-state index contributed by atoms with van der Waals surface area (Å²) in [6, 6.07) is 14.3. The van der Waals surface area contributed by atoms with Gasteiger partial charge in [-0.3, -0.25) is 4.79 Å². The predicted octanol–water partition coefficient (Wildman–Crippen LogP) is 4.75. The van der Waals surface area contributed by atoms with Crippen molar-refractivity contribution in [1.29, 1.82) is 0 Å². The quantitative estimate of drug-likeness (QED) is 0.751. The van der Waals surface area contributed by atoms with Crippen molar-refractivity contribution in [2.45, 2.75) is 13.0 Å². The fourth-order valence-corrected chi connectivity index (χ4v) is 2.37. The summed E-state index contributed by atoms with van der Waals surface area (Å²) in [5, 5.41) is 0.474. The van der Waals surface area contributed by atoms with Crippen molar-refractivity contribution in [2.75, 3.05) is 0 Å². The van der Waals surface area contributed by atoms with E-state index in [1.165, 1.54) is 0 Å². The molecule has 1 unspecified atom stereocenters. The van der Waals surface area contributed by atoms with E-state index in [1.807, 2.05) is 24.3 Å². The number of carbonyl (C=O) groups excluding carboxylic acids is 1. The minimum atomic E-state index is -0.582. The summed E-state index contributed by atoms with van der Waals surface area (Å²) in [7, 11) is 0. The van der Waals surface area contributed by atoms with Crippen LogP contribution >= 0.6 is 27.5 Å². The van der Waals surface area contributed by atoms with Gasteiger partial charge in [0.1, 0.15) is 5.75 Å². The van der Waals surface area contributed by atoms with E-state index in [0.717, 1.165) is 4.47 Å². The molecule has 0 radical (unpaired) electrons. The summed E-state index contributed by atoms with van der Waals surface area (Å²) in [6.07, 6.45) is -0.582. The molecule has 19 heavy (non-hydrogen) atoms. The lowest BCUT2D eigenvalue weighted by atomic mass is 10.1. The van der Waals surface area contributed by atoms with Crippen LogP contribution in [0.25, 0.3) is 0 Å². The second-order valence-electron chi connectivity index (χ2n) is 4.07. The largest absolute Gasteiger partial charge is 0.481 e. The van der Waals surface area contributed by atoms with Crippen molar-refractivity contribution < 1.29 is 9.53 Å². The molecular weight excluding hydrogens is 328 g/mol. The molecule has 98 valence electrons. The molecule has 2 rings (SSSR count). The standard InChI is InChI=1S/C15H12BrClO2/c1-10(15(18)11-5-3-2-4-6-11)19-14-8-7-12(16)9-13(14)17/h2-10H,1H3. The number of benzene rings is 2. The Kier molecular flexibility index (Phi) is 4.61. The first-order chi connectivity index (χ1) is 9.08. The Morgan fingerprint density at radius 1 is 1.21 bits per heavy atom. The molecule has 0 aliphatic rings. The molecule has 0 saturated heterocycles. The van der Waals surface area contributed by atoms with Crippen LogP contribution in [0.1, 0.15) is 17.3 Å². The number of hydrogen-bond donors (Lipinski definition) is 0. The Balaban J connectivity index is 2.13. The zero-order valence-corrected chi connectivity index (χ0v) is 12.6. The van der Waals surface area contributed by atoms with Gasteiger partial charge in [0.25, 0.3) is 0 Å². The van der Waals surface area contributed by atoms with Crippen LogP contribution in [0.4, 0.5) is 0 Å². The van der Waals surface area contributed by atoms with E-state index >= 15 is 0 Å². The van der Waals surface area contributed by atoms with Gasteiger partial charge in [-0.1, -0.05) is 57.9 Å². The topological polar surface area (TPSA) is 26.3 Å². The highest BCUT2D eigenvalue weighted by atomic mass is 79.9. The van der Waals surface area contributed by atoms with Crippen molar-refractivity contribution in [3.05, 3.63) is 63.6 Å². The number of Topliss-reactive ketones (excluding diaryl/α,β-unsaturated/α-hetero) is 1. The van der Waals surface area contributed by atoms with Crippen molar-refractivity contribution in [3.63, 3.8) is 0 Å². The second kappa shape index (κ2) is 6.22. The van der Waals surface area contributed by atoms with E-state index in [0.29, 0.717) is 16.3 Å². The fraction of sp³-hybridized carbons (Fsp3) is 0.133. The molecule has 4 heteroatoms. The Morgan fingerprint density at radius 2 is 1.89 bits per heavy atom. The summed E-state index contributed by atoms with van der Waals surface area (Å²) in [4.78, 5) is 12.1. The summed E-state index contributed by atoms with van der Waals surface area (Å²) in [5.41, 5.74) is 0.628. The van der Waals surface area contributed by atoms with Crippen molar-refractivity contribution in [1.82, 2.24) is 0 Å². The van der Waals surface area contributed by atoms with Gasteiger partial charge in [0.15, 0.2) is 6.10 Å². The van der Waals surface area contributed by atoms with Crippen LogP contribution in [0, 0.1) is 0 Å². The van der Waals surface area contributed by atoms with Gasteiger partial charge in [0.2, 0.25) is 5.78 Å². The third-order valence-corrected chi connectivity index (χ3v) is 3.41. The molecular formula is C15H12BrClO2. The van der Waals surface area contributed by atoms with Gasteiger partial charge in [-0.05, 0) is 25.1 Å². The van der Waals surface area contributed by atoms with Gasteiger partial charge in [-0.25, -0.2) is 0 Å². The molecule has 1 atom stereocenters. The summed E-state index contributed by atoms with van der Waals surface area (Å²) in [5.74, 6) is 0.432. The normalized spacial score (nSPS) is 11.9. The number of halogens is 2. The van der Waals surface area contributed by atoms with E-state index in [2.05, 4.69) is 15.9 Å². The van der Waals surface area contributed by atoms with Crippen molar-refractivity contribution in [2.24, 2.45) is 0 Å². The molecule has 0 saturated carbocycles. The molecule has 0 N–H and O–H groups in total. The highest BCUT2D eigenvalue weighted by Gasteiger charge is 2.17.